The van der Waals surface area contributed by atoms with Crippen molar-refractivity contribution in [3.05, 3.63) is 109 Å². The molecule has 0 spiro atoms. The van der Waals surface area contributed by atoms with Crippen LogP contribution in [0.3, 0.4) is 0 Å². The first-order chi connectivity index (χ1) is 17.3. The molecule has 186 valence electrons. The largest absolute Gasteiger partial charge is 0.404 e. The van der Waals surface area contributed by atoms with Gasteiger partial charge in [0.2, 0.25) is 0 Å². The van der Waals surface area contributed by atoms with Gasteiger partial charge in [0, 0.05) is 18.3 Å². The van der Waals surface area contributed by atoms with Crippen molar-refractivity contribution < 1.29 is 13.9 Å². The molecule has 1 saturated carbocycles. The number of benzene rings is 3. The molecular formula is C31H37BO3Si. The Morgan fingerprint density at radius 3 is 1.94 bits per heavy atom. The molecule has 5 heteroatoms. The third kappa shape index (κ3) is 4.32. The van der Waals surface area contributed by atoms with Gasteiger partial charge in [-0.25, -0.2) is 0 Å². The van der Waals surface area contributed by atoms with Gasteiger partial charge in [-0.1, -0.05) is 124 Å². The van der Waals surface area contributed by atoms with Crippen LogP contribution >= 0.6 is 0 Å². The number of hydrogen-bond donors (Lipinski definition) is 0. The second-order valence-corrected chi connectivity index (χ2v) is 15.7. The summed E-state index contributed by atoms with van der Waals surface area (Å²) in [4.78, 5) is 0. The van der Waals surface area contributed by atoms with Crippen LogP contribution in [0.1, 0.15) is 32.8 Å². The van der Waals surface area contributed by atoms with Gasteiger partial charge in [-0.05, 0) is 21.0 Å². The van der Waals surface area contributed by atoms with Gasteiger partial charge in [-0.2, -0.15) is 0 Å². The third-order valence-corrected chi connectivity index (χ3v) is 13.0. The first-order valence-electron chi connectivity index (χ1n) is 13.0. The van der Waals surface area contributed by atoms with Gasteiger partial charge >= 0.3 is 0 Å². The molecule has 2 bridgehead atoms. The van der Waals surface area contributed by atoms with Crippen LogP contribution < -0.4 is 10.4 Å². The van der Waals surface area contributed by atoms with E-state index in [1.54, 1.807) is 0 Å². The van der Waals surface area contributed by atoms with E-state index in [2.05, 4.69) is 120 Å². The van der Waals surface area contributed by atoms with Crippen LogP contribution in [-0.2, 0) is 20.5 Å². The summed E-state index contributed by atoms with van der Waals surface area (Å²) in [6.45, 7) is 12.4. The van der Waals surface area contributed by atoms with E-state index < -0.39 is 13.9 Å². The van der Waals surface area contributed by atoms with Crippen molar-refractivity contribution >= 4 is 26.5 Å². The van der Waals surface area contributed by atoms with Crippen molar-refractivity contribution in [1.29, 1.82) is 0 Å². The van der Waals surface area contributed by atoms with Crippen LogP contribution in [0.25, 0.3) is 0 Å². The molecule has 0 unspecified atom stereocenters. The Morgan fingerprint density at radius 2 is 1.44 bits per heavy atom. The lowest BCUT2D eigenvalue weighted by Crippen LogP contribution is -2.68. The minimum absolute atomic E-state index is 0.0646. The van der Waals surface area contributed by atoms with E-state index >= 15 is 0 Å². The second kappa shape index (κ2) is 9.79. The van der Waals surface area contributed by atoms with Crippen molar-refractivity contribution in [3.8, 4) is 0 Å². The molecule has 1 heterocycles. The molecule has 4 atom stereocenters. The molecule has 0 radical (unpaired) electrons. The summed E-state index contributed by atoms with van der Waals surface area (Å²) in [5.41, 5.74) is 1.87. The lowest BCUT2D eigenvalue weighted by atomic mass is 9.83. The standard InChI is InChI=1S/C31H37BO3Si/c1-23-20-31(28(27(23)29(32)35-31)33-21-24-14-8-5-9-15-24)22-34-36(30(2,3)4,25-16-10-6-11-17-25)26-18-12-7-13-19-26/h5-19,27-29H,1,20-22,32H2,2-4H3/t27-,28+,29-,31-/m1/s1. The highest BCUT2D eigenvalue weighted by molar-refractivity contribution is 6.99. The summed E-state index contributed by atoms with van der Waals surface area (Å²) < 4.78 is 20.7. The zero-order valence-electron chi connectivity index (χ0n) is 21.9. The fraction of sp³-hybridized carbons (Fsp3) is 0.355. The Morgan fingerprint density at radius 1 is 0.917 bits per heavy atom. The van der Waals surface area contributed by atoms with E-state index in [1.807, 2.05) is 6.07 Å². The summed E-state index contributed by atoms with van der Waals surface area (Å²) in [5.74, 6) is 0.191. The Kier molecular flexibility index (Phi) is 6.86. The molecule has 3 nitrogen and oxygen atoms in total. The highest BCUT2D eigenvalue weighted by Crippen LogP contribution is 2.52. The Labute approximate surface area is 218 Å². The zero-order chi connectivity index (χ0) is 25.4. The maximum absolute atomic E-state index is 7.34. The minimum Gasteiger partial charge on any atom is -0.404 e. The SMILES string of the molecule is B[C@@H]1O[C@@]2(CO[Si](c3ccccc3)(c3ccccc3)C(C)(C)C)CC(=C)[C@@H]1[C@@H]2OCc1ccccc1. The van der Waals surface area contributed by atoms with Gasteiger partial charge in [0.05, 0.1) is 19.3 Å². The first-order valence-corrected chi connectivity index (χ1v) is 14.9. The predicted octanol–water partition coefficient (Wildman–Crippen LogP) is 4.45. The van der Waals surface area contributed by atoms with Crippen molar-refractivity contribution in [2.24, 2.45) is 5.92 Å². The van der Waals surface area contributed by atoms with Crippen molar-refractivity contribution in [1.82, 2.24) is 0 Å². The quantitative estimate of drug-likeness (QED) is 0.341. The van der Waals surface area contributed by atoms with Crippen molar-refractivity contribution in [2.75, 3.05) is 6.61 Å². The molecule has 2 fully saturated rings. The number of fused-ring (bicyclic) bond motifs is 2. The monoisotopic (exact) mass is 496 g/mol. The maximum Gasteiger partial charge on any atom is 0.261 e. The molecule has 0 amide bonds. The summed E-state index contributed by atoms with van der Waals surface area (Å²) in [7, 11) is -0.536. The van der Waals surface area contributed by atoms with E-state index in [-0.39, 0.29) is 23.1 Å². The molecule has 0 aromatic heterocycles. The average molecular weight is 497 g/mol. The van der Waals surface area contributed by atoms with Crippen molar-refractivity contribution in [3.63, 3.8) is 0 Å². The maximum atomic E-state index is 7.34. The molecule has 1 aliphatic heterocycles. The molecular weight excluding hydrogens is 459 g/mol. The minimum atomic E-state index is -2.69. The zero-order valence-corrected chi connectivity index (χ0v) is 22.9. The van der Waals surface area contributed by atoms with Crippen molar-refractivity contribution in [2.45, 2.75) is 56.5 Å². The van der Waals surface area contributed by atoms with Gasteiger partial charge in [0.1, 0.15) is 13.4 Å². The highest BCUT2D eigenvalue weighted by Gasteiger charge is 2.62. The molecule has 0 N–H and O–H groups in total. The molecule has 3 aromatic carbocycles. The topological polar surface area (TPSA) is 27.7 Å². The lowest BCUT2D eigenvalue weighted by Gasteiger charge is -2.45. The molecule has 1 saturated heterocycles. The third-order valence-electron chi connectivity index (χ3n) is 7.99. The Balaban J connectivity index is 1.51. The number of ether oxygens (including phenoxy) is 2. The van der Waals surface area contributed by atoms with Crippen LogP contribution in [-0.4, -0.2) is 40.5 Å². The second-order valence-electron chi connectivity index (χ2n) is 11.4. The van der Waals surface area contributed by atoms with E-state index in [0.29, 0.717) is 13.2 Å². The van der Waals surface area contributed by atoms with Crippen LogP contribution in [0.4, 0.5) is 0 Å². The fourth-order valence-electron chi connectivity index (χ4n) is 6.45. The molecule has 1 aliphatic carbocycles. The van der Waals surface area contributed by atoms with E-state index in [1.165, 1.54) is 21.5 Å². The Bertz CT molecular complexity index is 1140. The van der Waals surface area contributed by atoms with E-state index in [0.717, 1.165) is 6.42 Å². The van der Waals surface area contributed by atoms with Gasteiger partial charge in [0.15, 0.2) is 0 Å². The molecule has 36 heavy (non-hydrogen) atoms. The molecule has 5 rings (SSSR count). The van der Waals surface area contributed by atoms with E-state index in [4.69, 9.17) is 13.9 Å². The normalized spacial score (nSPS) is 25.9. The number of rotatable bonds is 8. The van der Waals surface area contributed by atoms with Gasteiger partial charge in [0.25, 0.3) is 8.32 Å². The summed E-state index contributed by atoms with van der Waals surface area (Å²) in [6, 6.07) is 32.0. The smallest absolute Gasteiger partial charge is 0.261 e. The van der Waals surface area contributed by atoms with Crippen LogP contribution in [0.2, 0.25) is 5.04 Å². The molecule has 2 aliphatic rings. The molecule has 3 aromatic rings. The fourth-order valence-corrected chi connectivity index (χ4v) is 11.1. The van der Waals surface area contributed by atoms with Crippen LogP contribution in [0.15, 0.2) is 103 Å². The van der Waals surface area contributed by atoms with Gasteiger partial charge in [-0.3, -0.25) is 0 Å². The summed E-state index contributed by atoms with van der Waals surface area (Å²) in [5, 5.41) is 2.47. The lowest BCUT2D eigenvalue weighted by molar-refractivity contribution is -0.112. The van der Waals surface area contributed by atoms with E-state index in [9.17, 15) is 0 Å². The summed E-state index contributed by atoms with van der Waals surface area (Å²) in [6.07, 6.45) is 0.707. The number of hydrogen-bond acceptors (Lipinski definition) is 3. The Hall–Kier alpha value is -2.44. The highest BCUT2D eigenvalue weighted by atomic mass is 28.4. The summed E-state index contributed by atoms with van der Waals surface area (Å²) >= 11 is 0. The van der Waals surface area contributed by atoms with Gasteiger partial charge in [-0.15, -0.1) is 0 Å². The van der Waals surface area contributed by atoms with Crippen LogP contribution in [0, 0.1) is 5.92 Å². The average Bonchev–Trinajstić information content (AvgIpc) is 3.30. The predicted molar refractivity (Wildman–Crippen MR) is 152 cm³/mol. The first kappa shape index (κ1) is 25.2. The van der Waals surface area contributed by atoms with Gasteiger partial charge < -0.3 is 13.9 Å². The van der Waals surface area contributed by atoms with Crippen LogP contribution in [0.5, 0.6) is 0 Å².